The number of nitrogens with zero attached hydrogens (tertiary/aromatic N) is 1. The summed E-state index contributed by atoms with van der Waals surface area (Å²) in [5.74, 6) is -0.201. The summed E-state index contributed by atoms with van der Waals surface area (Å²) in [6, 6.07) is 15.3. The van der Waals surface area contributed by atoms with Crippen LogP contribution in [0.4, 0.5) is 11.4 Å². The molecule has 0 aromatic heterocycles. The lowest BCUT2D eigenvalue weighted by Crippen LogP contribution is -2.37. The van der Waals surface area contributed by atoms with Crippen LogP contribution in [0.5, 0.6) is 0 Å². The minimum absolute atomic E-state index is 0.00996. The Morgan fingerprint density at radius 2 is 1.88 bits per heavy atom. The molecule has 1 fully saturated rings. The van der Waals surface area contributed by atoms with Gasteiger partial charge in [0.05, 0.1) is 36.2 Å². The van der Waals surface area contributed by atoms with Crippen molar-refractivity contribution < 1.29 is 14.3 Å². The van der Waals surface area contributed by atoms with E-state index in [-0.39, 0.29) is 12.5 Å². The predicted octanol–water partition coefficient (Wildman–Crippen LogP) is 3.33. The Balaban J connectivity index is 1.60. The van der Waals surface area contributed by atoms with Gasteiger partial charge in [-0.15, -0.1) is 0 Å². The third kappa shape index (κ3) is 4.95. The Kier molecular flexibility index (Phi) is 6.28. The van der Waals surface area contributed by atoms with Crippen molar-refractivity contribution in [2.75, 3.05) is 43.1 Å². The maximum atomic E-state index is 12.2. The van der Waals surface area contributed by atoms with Crippen LogP contribution in [0.25, 0.3) is 0 Å². The summed E-state index contributed by atoms with van der Waals surface area (Å²) in [7, 11) is 0. The summed E-state index contributed by atoms with van der Waals surface area (Å²) in [5.41, 5.74) is 2.57. The maximum Gasteiger partial charge on any atom is 0.250 e. The van der Waals surface area contributed by atoms with Crippen molar-refractivity contribution in [1.29, 1.82) is 0 Å². The quantitative estimate of drug-likeness (QED) is 0.858. The second kappa shape index (κ2) is 8.85. The molecule has 2 aromatic rings. The fourth-order valence-corrected chi connectivity index (χ4v) is 3.04. The number of hydrogen-bond donors (Lipinski definition) is 1. The Bertz CT molecular complexity index is 703. The summed E-state index contributed by atoms with van der Waals surface area (Å²) in [6.45, 7) is 3.19. The molecule has 1 heterocycles. The summed E-state index contributed by atoms with van der Waals surface area (Å²) < 4.78 is 10.9. The van der Waals surface area contributed by atoms with Crippen molar-refractivity contribution in [3.63, 3.8) is 0 Å². The number of carbonyl (C=O) groups is 1. The first kappa shape index (κ1) is 17.7. The van der Waals surface area contributed by atoms with Crippen molar-refractivity contribution >= 4 is 28.9 Å². The lowest BCUT2D eigenvalue weighted by Gasteiger charge is -2.31. The topological polar surface area (TPSA) is 50.8 Å². The molecule has 2 aromatic carbocycles. The summed E-state index contributed by atoms with van der Waals surface area (Å²) in [4.78, 5) is 14.4. The van der Waals surface area contributed by atoms with E-state index in [1.807, 2.05) is 48.5 Å². The average Bonchev–Trinajstić information content (AvgIpc) is 2.63. The standard InChI is InChI=1S/C19H21ClN2O3/c20-16-7-4-8-17(19(16)22-9-11-24-12-10-22)21-18(23)14-25-13-15-5-2-1-3-6-15/h1-8H,9-14H2,(H,21,23). The first-order valence-corrected chi connectivity index (χ1v) is 8.64. The van der Waals surface area contributed by atoms with E-state index >= 15 is 0 Å². The highest BCUT2D eigenvalue weighted by Crippen LogP contribution is 2.34. The molecule has 3 rings (SSSR count). The third-order valence-corrected chi connectivity index (χ3v) is 4.24. The highest BCUT2D eigenvalue weighted by atomic mass is 35.5. The number of anilines is 2. The van der Waals surface area contributed by atoms with E-state index in [1.165, 1.54) is 0 Å². The van der Waals surface area contributed by atoms with Crippen LogP contribution in [0.2, 0.25) is 5.02 Å². The monoisotopic (exact) mass is 360 g/mol. The number of morpholine rings is 1. The third-order valence-electron chi connectivity index (χ3n) is 3.93. The Morgan fingerprint density at radius 1 is 1.12 bits per heavy atom. The van der Waals surface area contributed by atoms with Crippen molar-refractivity contribution in [2.24, 2.45) is 0 Å². The number of carbonyl (C=O) groups excluding carboxylic acids is 1. The van der Waals surface area contributed by atoms with Crippen molar-refractivity contribution in [3.05, 3.63) is 59.1 Å². The van der Waals surface area contributed by atoms with E-state index in [1.54, 1.807) is 0 Å². The SMILES string of the molecule is O=C(COCc1ccccc1)Nc1cccc(Cl)c1N1CCOCC1. The molecule has 1 saturated heterocycles. The maximum absolute atomic E-state index is 12.2. The molecular weight excluding hydrogens is 340 g/mol. The molecule has 6 heteroatoms. The molecule has 0 bridgehead atoms. The normalized spacial score (nSPS) is 14.4. The zero-order valence-corrected chi connectivity index (χ0v) is 14.7. The zero-order chi connectivity index (χ0) is 17.5. The largest absolute Gasteiger partial charge is 0.378 e. The number of hydrogen-bond acceptors (Lipinski definition) is 4. The molecular formula is C19H21ClN2O3. The molecule has 25 heavy (non-hydrogen) atoms. The van der Waals surface area contributed by atoms with Crippen LogP contribution >= 0.6 is 11.6 Å². The van der Waals surface area contributed by atoms with Gasteiger partial charge in [-0.1, -0.05) is 48.0 Å². The van der Waals surface area contributed by atoms with E-state index < -0.39 is 0 Å². The zero-order valence-electron chi connectivity index (χ0n) is 13.9. The first-order chi connectivity index (χ1) is 12.2. The Labute approximate surface area is 152 Å². The molecule has 0 aliphatic carbocycles. The number of rotatable bonds is 6. The summed E-state index contributed by atoms with van der Waals surface area (Å²) >= 11 is 6.37. The molecule has 0 radical (unpaired) electrons. The van der Waals surface area contributed by atoms with E-state index in [2.05, 4.69) is 10.2 Å². The molecule has 5 nitrogen and oxygen atoms in total. The summed E-state index contributed by atoms with van der Waals surface area (Å²) in [5, 5.41) is 3.52. The van der Waals surface area contributed by atoms with Crippen LogP contribution in [0.3, 0.4) is 0 Å². The summed E-state index contributed by atoms with van der Waals surface area (Å²) in [6.07, 6.45) is 0. The number of nitrogens with one attached hydrogen (secondary N) is 1. The number of ether oxygens (including phenoxy) is 2. The van der Waals surface area contributed by atoms with Gasteiger partial charge >= 0.3 is 0 Å². The molecule has 0 atom stereocenters. The van der Waals surface area contributed by atoms with Crippen LogP contribution in [-0.2, 0) is 20.9 Å². The van der Waals surface area contributed by atoms with Gasteiger partial charge < -0.3 is 19.7 Å². The molecule has 0 unspecified atom stereocenters. The van der Waals surface area contributed by atoms with Crippen molar-refractivity contribution in [2.45, 2.75) is 6.61 Å². The second-order valence-corrected chi connectivity index (χ2v) is 6.17. The second-order valence-electron chi connectivity index (χ2n) is 5.76. The van der Waals surface area contributed by atoms with Gasteiger partial charge in [0.15, 0.2) is 0 Å². The smallest absolute Gasteiger partial charge is 0.250 e. The van der Waals surface area contributed by atoms with E-state index in [0.29, 0.717) is 30.5 Å². The fraction of sp³-hybridized carbons (Fsp3) is 0.316. The first-order valence-electron chi connectivity index (χ1n) is 8.27. The van der Waals surface area contributed by atoms with Gasteiger partial charge in [-0.3, -0.25) is 4.79 Å². The van der Waals surface area contributed by atoms with Crippen LogP contribution < -0.4 is 10.2 Å². The molecule has 0 saturated carbocycles. The highest BCUT2D eigenvalue weighted by molar-refractivity contribution is 6.34. The van der Waals surface area contributed by atoms with E-state index in [4.69, 9.17) is 21.1 Å². The number of amides is 1. The van der Waals surface area contributed by atoms with Crippen LogP contribution in [0.15, 0.2) is 48.5 Å². The molecule has 1 N–H and O–H groups in total. The van der Waals surface area contributed by atoms with Crippen LogP contribution in [-0.4, -0.2) is 38.8 Å². The van der Waals surface area contributed by atoms with Gasteiger partial charge in [0, 0.05) is 13.1 Å². The van der Waals surface area contributed by atoms with Gasteiger partial charge in [-0.2, -0.15) is 0 Å². The van der Waals surface area contributed by atoms with Crippen LogP contribution in [0.1, 0.15) is 5.56 Å². The van der Waals surface area contributed by atoms with Gasteiger partial charge in [-0.05, 0) is 17.7 Å². The Morgan fingerprint density at radius 3 is 2.64 bits per heavy atom. The lowest BCUT2D eigenvalue weighted by atomic mass is 10.2. The molecule has 1 aliphatic heterocycles. The van der Waals surface area contributed by atoms with Crippen LogP contribution in [0, 0.1) is 0 Å². The predicted molar refractivity (Wildman–Crippen MR) is 99.2 cm³/mol. The molecule has 1 amide bonds. The van der Waals surface area contributed by atoms with E-state index in [9.17, 15) is 4.79 Å². The number of halogens is 1. The van der Waals surface area contributed by atoms with Gasteiger partial charge in [0.2, 0.25) is 5.91 Å². The number of benzene rings is 2. The average molecular weight is 361 g/mol. The number of para-hydroxylation sites is 1. The fourth-order valence-electron chi connectivity index (χ4n) is 2.75. The molecule has 132 valence electrons. The van der Waals surface area contributed by atoms with Gasteiger partial charge in [0.25, 0.3) is 0 Å². The lowest BCUT2D eigenvalue weighted by molar-refractivity contribution is -0.121. The minimum Gasteiger partial charge on any atom is -0.378 e. The Hall–Kier alpha value is -2.08. The van der Waals surface area contributed by atoms with Crippen molar-refractivity contribution in [1.82, 2.24) is 0 Å². The van der Waals surface area contributed by atoms with Crippen molar-refractivity contribution in [3.8, 4) is 0 Å². The minimum atomic E-state index is -0.201. The van der Waals surface area contributed by atoms with Gasteiger partial charge in [-0.25, -0.2) is 0 Å². The molecule has 1 aliphatic rings. The van der Waals surface area contributed by atoms with E-state index in [0.717, 1.165) is 24.3 Å². The highest BCUT2D eigenvalue weighted by Gasteiger charge is 2.19. The molecule has 0 spiro atoms. The van der Waals surface area contributed by atoms with Gasteiger partial charge in [0.1, 0.15) is 6.61 Å².